The number of hydrogen-bond acceptors (Lipinski definition) is 5. The maximum Gasteiger partial charge on any atom is 0.245 e. The highest BCUT2D eigenvalue weighted by molar-refractivity contribution is 5.31. The summed E-state index contributed by atoms with van der Waals surface area (Å²) in [6.07, 6.45) is 3.79. The predicted octanol–water partition coefficient (Wildman–Crippen LogP) is 0.819. The third-order valence-corrected chi connectivity index (χ3v) is 3.89. The largest absolute Gasteiger partial charge is 0.338 e. The van der Waals surface area contributed by atoms with Crippen molar-refractivity contribution in [1.29, 1.82) is 0 Å². The van der Waals surface area contributed by atoms with Gasteiger partial charge in [-0.1, -0.05) is 0 Å². The summed E-state index contributed by atoms with van der Waals surface area (Å²) in [6.45, 7) is 6.00. The van der Waals surface area contributed by atoms with Crippen LogP contribution in [-0.4, -0.2) is 40.4 Å². The average molecular weight is 233 g/mol. The molecular formula is C12H19N5. The van der Waals surface area contributed by atoms with Crippen LogP contribution in [0, 0.1) is 13.8 Å². The average Bonchev–Trinajstić information content (AvgIpc) is 2.63. The van der Waals surface area contributed by atoms with Crippen molar-refractivity contribution in [2.75, 3.05) is 18.0 Å². The minimum atomic E-state index is 0.604. The van der Waals surface area contributed by atoms with Gasteiger partial charge < -0.3 is 10.2 Å². The van der Waals surface area contributed by atoms with Crippen molar-refractivity contribution < 1.29 is 0 Å². The second-order valence-electron chi connectivity index (χ2n) is 5.16. The first-order chi connectivity index (χ1) is 8.22. The summed E-state index contributed by atoms with van der Waals surface area (Å²) in [5, 5.41) is 12.1. The number of aryl methyl sites for hydroxylation is 2. The van der Waals surface area contributed by atoms with Crippen LogP contribution in [0.5, 0.6) is 0 Å². The van der Waals surface area contributed by atoms with Crippen LogP contribution in [0.25, 0.3) is 0 Å². The SMILES string of the molecule is Cc1nnc(N2CCC3CCC(C2)N3)nc1C. The molecule has 0 radical (unpaired) electrons. The first-order valence-electron chi connectivity index (χ1n) is 6.41. The van der Waals surface area contributed by atoms with Gasteiger partial charge in [-0.3, -0.25) is 0 Å². The van der Waals surface area contributed by atoms with Gasteiger partial charge in [0.2, 0.25) is 5.95 Å². The van der Waals surface area contributed by atoms with Crippen molar-refractivity contribution in [3.05, 3.63) is 11.4 Å². The van der Waals surface area contributed by atoms with Crippen LogP contribution in [0.3, 0.4) is 0 Å². The van der Waals surface area contributed by atoms with E-state index in [2.05, 4.69) is 25.4 Å². The van der Waals surface area contributed by atoms with E-state index < -0.39 is 0 Å². The summed E-state index contributed by atoms with van der Waals surface area (Å²) in [6, 6.07) is 1.30. The quantitative estimate of drug-likeness (QED) is 0.778. The molecule has 5 nitrogen and oxygen atoms in total. The number of hydrogen-bond donors (Lipinski definition) is 1. The van der Waals surface area contributed by atoms with Gasteiger partial charge in [0.05, 0.1) is 11.4 Å². The Hall–Kier alpha value is -1.23. The van der Waals surface area contributed by atoms with Gasteiger partial charge in [0.1, 0.15) is 0 Å². The Balaban J connectivity index is 1.81. The number of nitrogens with zero attached hydrogens (tertiary/aromatic N) is 4. The number of fused-ring (bicyclic) bond motifs is 2. The highest BCUT2D eigenvalue weighted by atomic mass is 15.3. The molecule has 0 aliphatic carbocycles. The van der Waals surface area contributed by atoms with Crippen molar-refractivity contribution in [3.8, 4) is 0 Å². The van der Waals surface area contributed by atoms with E-state index >= 15 is 0 Å². The second-order valence-corrected chi connectivity index (χ2v) is 5.16. The van der Waals surface area contributed by atoms with Crippen LogP contribution in [-0.2, 0) is 0 Å². The molecule has 0 amide bonds. The molecule has 2 unspecified atom stereocenters. The van der Waals surface area contributed by atoms with E-state index in [0.29, 0.717) is 12.1 Å². The lowest BCUT2D eigenvalue weighted by atomic mass is 10.1. The summed E-state index contributed by atoms with van der Waals surface area (Å²) in [5.41, 5.74) is 1.90. The fraction of sp³-hybridized carbons (Fsp3) is 0.750. The minimum Gasteiger partial charge on any atom is -0.338 e. The summed E-state index contributed by atoms with van der Waals surface area (Å²) < 4.78 is 0. The lowest BCUT2D eigenvalue weighted by Gasteiger charge is -2.23. The molecule has 0 saturated carbocycles. The Morgan fingerprint density at radius 1 is 1.06 bits per heavy atom. The summed E-state index contributed by atoms with van der Waals surface area (Å²) in [7, 11) is 0. The zero-order valence-corrected chi connectivity index (χ0v) is 10.5. The molecule has 2 bridgehead atoms. The molecule has 92 valence electrons. The topological polar surface area (TPSA) is 53.9 Å². The van der Waals surface area contributed by atoms with Crippen molar-refractivity contribution in [3.63, 3.8) is 0 Å². The Morgan fingerprint density at radius 2 is 1.88 bits per heavy atom. The molecule has 2 aliphatic heterocycles. The molecule has 2 saturated heterocycles. The van der Waals surface area contributed by atoms with Crippen LogP contribution >= 0.6 is 0 Å². The van der Waals surface area contributed by atoms with Crippen LogP contribution < -0.4 is 10.2 Å². The smallest absolute Gasteiger partial charge is 0.245 e. The van der Waals surface area contributed by atoms with Crippen molar-refractivity contribution in [2.24, 2.45) is 0 Å². The minimum absolute atomic E-state index is 0.604. The maximum absolute atomic E-state index is 4.55. The van der Waals surface area contributed by atoms with Crippen LogP contribution in [0.4, 0.5) is 5.95 Å². The lowest BCUT2D eigenvalue weighted by molar-refractivity contribution is 0.563. The van der Waals surface area contributed by atoms with Crippen LogP contribution in [0.15, 0.2) is 0 Å². The summed E-state index contributed by atoms with van der Waals surface area (Å²) in [5.74, 6) is 0.794. The molecule has 0 spiro atoms. The summed E-state index contributed by atoms with van der Waals surface area (Å²) in [4.78, 5) is 6.82. The van der Waals surface area contributed by atoms with E-state index in [1.165, 1.54) is 19.3 Å². The molecule has 1 N–H and O–H groups in total. The molecule has 2 fully saturated rings. The third-order valence-electron chi connectivity index (χ3n) is 3.89. The van der Waals surface area contributed by atoms with E-state index in [0.717, 1.165) is 30.4 Å². The van der Waals surface area contributed by atoms with E-state index in [-0.39, 0.29) is 0 Å². The van der Waals surface area contributed by atoms with Gasteiger partial charge in [0, 0.05) is 25.2 Å². The molecule has 1 aromatic heterocycles. The number of nitrogens with one attached hydrogen (secondary N) is 1. The van der Waals surface area contributed by atoms with Gasteiger partial charge in [-0.2, -0.15) is 5.10 Å². The molecule has 2 atom stereocenters. The molecule has 2 aliphatic rings. The Kier molecular flexibility index (Phi) is 2.70. The van der Waals surface area contributed by atoms with E-state index in [1.54, 1.807) is 0 Å². The Labute approximate surface area is 102 Å². The molecular weight excluding hydrogens is 214 g/mol. The van der Waals surface area contributed by atoms with Crippen molar-refractivity contribution in [1.82, 2.24) is 20.5 Å². The molecule has 17 heavy (non-hydrogen) atoms. The number of rotatable bonds is 1. The predicted molar refractivity (Wildman–Crippen MR) is 66.1 cm³/mol. The molecule has 3 heterocycles. The highest BCUT2D eigenvalue weighted by Crippen LogP contribution is 2.22. The molecule has 0 aromatic carbocycles. The lowest BCUT2D eigenvalue weighted by Crippen LogP contribution is -2.36. The van der Waals surface area contributed by atoms with Gasteiger partial charge in [-0.15, -0.1) is 5.10 Å². The zero-order valence-electron chi connectivity index (χ0n) is 10.5. The molecule has 1 aromatic rings. The molecule has 3 rings (SSSR count). The van der Waals surface area contributed by atoms with Gasteiger partial charge in [0.15, 0.2) is 0 Å². The second kappa shape index (κ2) is 4.22. The third kappa shape index (κ3) is 2.11. The maximum atomic E-state index is 4.55. The summed E-state index contributed by atoms with van der Waals surface area (Å²) >= 11 is 0. The Bertz CT molecular complexity index is 419. The first-order valence-corrected chi connectivity index (χ1v) is 6.41. The van der Waals surface area contributed by atoms with E-state index in [1.807, 2.05) is 13.8 Å². The number of aromatic nitrogens is 3. The van der Waals surface area contributed by atoms with E-state index in [4.69, 9.17) is 0 Å². The van der Waals surface area contributed by atoms with Crippen molar-refractivity contribution >= 4 is 5.95 Å². The van der Waals surface area contributed by atoms with Crippen LogP contribution in [0.2, 0.25) is 0 Å². The fourth-order valence-corrected chi connectivity index (χ4v) is 2.70. The van der Waals surface area contributed by atoms with Gasteiger partial charge >= 0.3 is 0 Å². The number of anilines is 1. The standard InChI is InChI=1S/C12H19N5/c1-8-9(2)15-16-12(13-8)17-6-5-10-3-4-11(7-17)14-10/h10-11,14H,3-7H2,1-2H3. The molecule has 5 heteroatoms. The van der Waals surface area contributed by atoms with E-state index in [9.17, 15) is 0 Å². The van der Waals surface area contributed by atoms with Crippen molar-refractivity contribution in [2.45, 2.75) is 45.2 Å². The van der Waals surface area contributed by atoms with Gasteiger partial charge in [-0.05, 0) is 33.1 Å². The Morgan fingerprint density at radius 3 is 2.71 bits per heavy atom. The zero-order chi connectivity index (χ0) is 11.8. The van der Waals surface area contributed by atoms with Gasteiger partial charge in [-0.25, -0.2) is 4.98 Å². The normalized spacial score (nSPS) is 28.2. The monoisotopic (exact) mass is 233 g/mol. The fourth-order valence-electron chi connectivity index (χ4n) is 2.70. The van der Waals surface area contributed by atoms with Crippen LogP contribution in [0.1, 0.15) is 30.7 Å². The highest BCUT2D eigenvalue weighted by Gasteiger charge is 2.30. The van der Waals surface area contributed by atoms with Gasteiger partial charge in [0.25, 0.3) is 0 Å². The first kappa shape index (κ1) is 10.9.